The van der Waals surface area contributed by atoms with E-state index in [1.807, 2.05) is 5.32 Å². The number of carbonyl (C=O) groups is 2. The van der Waals surface area contributed by atoms with Crippen molar-refractivity contribution in [3.8, 4) is 0 Å². The van der Waals surface area contributed by atoms with Crippen molar-refractivity contribution in [2.24, 2.45) is 0 Å². The standard InChI is InChI=1S/C19H17ClF3N3O7S.H2S/c1-18(29,10-34(32,33)13-5-2-11(3-6-13)24-16(27)9-20)17(28)25-12-4-7-15(26(30)31)14(8-12)19(21,22)23;/h2-8,29H,9-10H2,1H3,(H,24,27)(H,25,28);1H2/t18-;/m1./s1. The minimum Gasteiger partial charge on any atom is -0.379 e. The topological polar surface area (TPSA) is 156 Å². The molecule has 1 atom stereocenters. The van der Waals surface area contributed by atoms with E-state index in [2.05, 4.69) is 5.32 Å². The smallest absolute Gasteiger partial charge is 0.379 e. The Morgan fingerprint density at radius 2 is 1.63 bits per heavy atom. The number of anilines is 2. The number of halogens is 4. The molecule has 192 valence electrons. The zero-order valence-electron chi connectivity index (χ0n) is 17.7. The number of benzene rings is 2. The third kappa shape index (κ3) is 7.81. The Bertz CT molecular complexity index is 1220. The Morgan fingerprint density at radius 3 is 2.11 bits per heavy atom. The second-order valence-electron chi connectivity index (χ2n) is 7.18. The van der Waals surface area contributed by atoms with Crippen LogP contribution < -0.4 is 10.6 Å². The Kier molecular flexibility index (Phi) is 9.68. The molecule has 0 aromatic heterocycles. The third-order valence-corrected chi connectivity index (χ3v) is 6.51. The summed E-state index contributed by atoms with van der Waals surface area (Å²) in [6.07, 6.45) is -5.11. The van der Waals surface area contributed by atoms with E-state index in [-0.39, 0.29) is 30.0 Å². The number of hydrogen-bond donors (Lipinski definition) is 3. The number of amides is 2. The first-order valence-electron chi connectivity index (χ1n) is 9.15. The van der Waals surface area contributed by atoms with Gasteiger partial charge in [0.2, 0.25) is 5.91 Å². The maximum Gasteiger partial charge on any atom is 0.423 e. The minimum absolute atomic E-state index is 0. The number of nitro benzene ring substituents is 1. The number of nitrogens with zero attached hydrogens (tertiary/aromatic N) is 1. The lowest BCUT2D eigenvalue weighted by molar-refractivity contribution is -0.388. The van der Waals surface area contributed by atoms with E-state index in [9.17, 15) is 46.4 Å². The SMILES string of the molecule is C[C@@](O)(CS(=O)(=O)c1ccc(NC(=O)CCl)cc1)C(=O)Nc1ccc([N+](=O)[O-])c(C(F)(F)F)c1.S. The van der Waals surface area contributed by atoms with Gasteiger partial charge in [0.05, 0.1) is 15.6 Å². The predicted molar refractivity (Wildman–Crippen MR) is 126 cm³/mol. The molecule has 0 radical (unpaired) electrons. The Morgan fingerprint density at radius 1 is 1.09 bits per heavy atom. The molecule has 35 heavy (non-hydrogen) atoms. The number of carbonyl (C=O) groups excluding carboxylic acids is 2. The minimum atomic E-state index is -5.11. The predicted octanol–water partition coefficient (Wildman–Crippen LogP) is 3.07. The molecule has 16 heteroatoms. The molecule has 10 nitrogen and oxygen atoms in total. The third-order valence-electron chi connectivity index (χ3n) is 4.34. The van der Waals surface area contributed by atoms with Crippen molar-refractivity contribution in [1.82, 2.24) is 0 Å². The summed E-state index contributed by atoms with van der Waals surface area (Å²) in [7, 11) is -4.27. The van der Waals surface area contributed by atoms with Crippen LogP contribution in [0.25, 0.3) is 0 Å². The van der Waals surface area contributed by atoms with Gasteiger partial charge >= 0.3 is 6.18 Å². The number of nitro groups is 1. The summed E-state index contributed by atoms with van der Waals surface area (Å²) in [4.78, 5) is 33.0. The van der Waals surface area contributed by atoms with Crippen molar-refractivity contribution < 1.29 is 41.2 Å². The molecular formula is C19H19ClF3N3O7S2. The summed E-state index contributed by atoms with van der Waals surface area (Å²) in [6, 6.07) is 6.36. The molecule has 2 aromatic carbocycles. The summed E-state index contributed by atoms with van der Waals surface area (Å²) < 4.78 is 64.6. The van der Waals surface area contributed by atoms with E-state index in [1.165, 1.54) is 12.1 Å². The Labute approximate surface area is 209 Å². The summed E-state index contributed by atoms with van der Waals surface area (Å²) in [6.45, 7) is 0.838. The highest BCUT2D eigenvalue weighted by Gasteiger charge is 2.40. The lowest BCUT2D eigenvalue weighted by Crippen LogP contribution is -2.45. The molecule has 0 aliphatic rings. The van der Waals surface area contributed by atoms with Gasteiger partial charge < -0.3 is 15.7 Å². The highest BCUT2D eigenvalue weighted by molar-refractivity contribution is 7.91. The first kappa shape index (κ1) is 30.2. The van der Waals surface area contributed by atoms with Crippen molar-refractivity contribution in [3.63, 3.8) is 0 Å². The lowest BCUT2D eigenvalue weighted by Gasteiger charge is -2.22. The van der Waals surface area contributed by atoms with Crippen LogP contribution in [0.2, 0.25) is 0 Å². The second-order valence-corrected chi connectivity index (χ2v) is 9.44. The van der Waals surface area contributed by atoms with Gasteiger partial charge in [0.15, 0.2) is 15.4 Å². The number of aliphatic hydroxyl groups is 1. The second kappa shape index (κ2) is 11.2. The maximum atomic E-state index is 13.1. The van der Waals surface area contributed by atoms with Crippen molar-refractivity contribution in [3.05, 3.63) is 58.1 Å². The quantitative estimate of drug-likeness (QED) is 0.256. The summed E-state index contributed by atoms with van der Waals surface area (Å²) in [5.41, 5.74) is -5.77. The average Bonchev–Trinajstić information content (AvgIpc) is 2.72. The van der Waals surface area contributed by atoms with Crippen LogP contribution in [0, 0.1) is 10.1 Å². The first-order valence-corrected chi connectivity index (χ1v) is 11.3. The van der Waals surface area contributed by atoms with E-state index in [1.54, 1.807) is 0 Å². The molecule has 0 unspecified atom stereocenters. The van der Waals surface area contributed by atoms with Gasteiger partial charge in [0.1, 0.15) is 11.4 Å². The highest BCUT2D eigenvalue weighted by Crippen LogP contribution is 2.37. The molecule has 2 rings (SSSR count). The molecule has 0 heterocycles. The number of rotatable bonds is 8. The Hall–Kier alpha value is -2.88. The zero-order valence-corrected chi connectivity index (χ0v) is 20.3. The monoisotopic (exact) mass is 557 g/mol. The highest BCUT2D eigenvalue weighted by atomic mass is 35.5. The van der Waals surface area contributed by atoms with Gasteiger partial charge in [-0.15, -0.1) is 11.6 Å². The zero-order chi connectivity index (χ0) is 25.9. The van der Waals surface area contributed by atoms with E-state index in [0.717, 1.165) is 25.1 Å². The normalized spacial score (nSPS) is 13.2. The van der Waals surface area contributed by atoms with Gasteiger partial charge in [0, 0.05) is 17.4 Å². The van der Waals surface area contributed by atoms with E-state index < -0.39 is 61.0 Å². The largest absolute Gasteiger partial charge is 0.423 e. The van der Waals surface area contributed by atoms with Gasteiger partial charge in [-0.2, -0.15) is 26.7 Å². The first-order chi connectivity index (χ1) is 15.6. The number of nitrogens with one attached hydrogen (secondary N) is 2. The van der Waals surface area contributed by atoms with Crippen molar-refractivity contribution >= 4 is 63.8 Å². The molecule has 0 aliphatic heterocycles. The lowest BCUT2D eigenvalue weighted by atomic mass is 10.1. The van der Waals surface area contributed by atoms with Gasteiger partial charge in [-0.25, -0.2) is 8.42 Å². The summed E-state index contributed by atoms with van der Waals surface area (Å²) in [5.74, 6) is -3.35. The molecule has 0 fully saturated rings. The molecular weight excluding hydrogens is 539 g/mol. The van der Waals surface area contributed by atoms with Crippen LogP contribution >= 0.6 is 25.1 Å². The molecule has 0 aliphatic carbocycles. The van der Waals surface area contributed by atoms with Crippen molar-refractivity contribution in [2.45, 2.75) is 23.6 Å². The van der Waals surface area contributed by atoms with Gasteiger partial charge in [-0.1, -0.05) is 0 Å². The van der Waals surface area contributed by atoms with Gasteiger partial charge in [-0.3, -0.25) is 19.7 Å². The van der Waals surface area contributed by atoms with Crippen LogP contribution in [-0.2, 0) is 25.6 Å². The molecule has 3 N–H and O–H groups in total. The fourth-order valence-corrected chi connectivity index (χ4v) is 4.38. The fraction of sp³-hybridized carbons (Fsp3) is 0.263. The van der Waals surface area contributed by atoms with Gasteiger partial charge in [0.25, 0.3) is 11.6 Å². The maximum absolute atomic E-state index is 13.1. The molecule has 0 bridgehead atoms. The number of alkyl halides is 4. The average molecular weight is 558 g/mol. The van der Waals surface area contributed by atoms with Crippen molar-refractivity contribution in [1.29, 1.82) is 0 Å². The number of sulfone groups is 1. The van der Waals surface area contributed by atoms with E-state index >= 15 is 0 Å². The van der Waals surface area contributed by atoms with Crippen molar-refractivity contribution in [2.75, 3.05) is 22.3 Å². The molecule has 2 aromatic rings. The molecule has 0 spiro atoms. The molecule has 0 saturated carbocycles. The van der Waals surface area contributed by atoms with E-state index in [4.69, 9.17) is 11.6 Å². The summed E-state index contributed by atoms with van der Waals surface area (Å²) >= 11 is 5.36. The molecule has 0 saturated heterocycles. The van der Waals surface area contributed by atoms with Crippen LogP contribution in [-0.4, -0.2) is 47.5 Å². The van der Waals surface area contributed by atoms with Crippen LogP contribution in [0.1, 0.15) is 12.5 Å². The van der Waals surface area contributed by atoms with Crippen LogP contribution in [0.15, 0.2) is 47.4 Å². The van der Waals surface area contributed by atoms with Gasteiger partial charge in [-0.05, 0) is 43.3 Å². The van der Waals surface area contributed by atoms with Crippen LogP contribution in [0.4, 0.5) is 30.2 Å². The fourth-order valence-electron chi connectivity index (χ4n) is 2.72. The number of hydrogen-bond acceptors (Lipinski definition) is 7. The van der Waals surface area contributed by atoms with Crippen LogP contribution in [0.5, 0.6) is 0 Å². The molecule has 2 amide bonds. The van der Waals surface area contributed by atoms with E-state index in [0.29, 0.717) is 12.1 Å². The Balaban J connectivity index is 0.00000612. The van der Waals surface area contributed by atoms with Crippen LogP contribution in [0.3, 0.4) is 0 Å². The summed E-state index contributed by atoms with van der Waals surface area (Å²) in [5, 5.41) is 25.6.